The van der Waals surface area contributed by atoms with Gasteiger partial charge in [-0.15, -0.1) is 6.42 Å². The second-order valence-corrected chi connectivity index (χ2v) is 13.1. The lowest BCUT2D eigenvalue weighted by Gasteiger charge is -2.40. The van der Waals surface area contributed by atoms with Crippen molar-refractivity contribution in [3.63, 3.8) is 0 Å². The molecule has 6 heteroatoms. The van der Waals surface area contributed by atoms with Crippen LogP contribution in [-0.2, 0) is 18.7 Å². The van der Waals surface area contributed by atoms with Crippen molar-refractivity contribution in [3.8, 4) is 12.3 Å². The summed E-state index contributed by atoms with van der Waals surface area (Å²) in [5.41, 5.74) is 0.610. The summed E-state index contributed by atoms with van der Waals surface area (Å²) in [5, 5.41) is 9.74. The van der Waals surface area contributed by atoms with E-state index in [1.165, 1.54) is 6.08 Å². The van der Waals surface area contributed by atoms with Crippen molar-refractivity contribution < 1.29 is 23.8 Å². The molecule has 0 unspecified atom stereocenters. The van der Waals surface area contributed by atoms with Crippen LogP contribution >= 0.6 is 0 Å². The van der Waals surface area contributed by atoms with Gasteiger partial charge in [0.25, 0.3) is 0 Å². The predicted octanol–water partition coefficient (Wildman–Crippen LogP) is 3.97. The summed E-state index contributed by atoms with van der Waals surface area (Å²) >= 11 is 0. The van der Waals surface area contributed by atoms with Gasteiger partial charge in [-0.25, -0.2) is 0 Å². The Bertz CT molecular complexity index is 592. The Hall–Kier alpha value is -1.39. The van der Waals surface area contributed by atoms with Crippen LogP contribution in [0, 0.1) is 18.3 Å². The van der Waals surface area contributed by atoms with Gasteiger partial charge < -0.3 is 19.0 Å². The van der Waals surface area contributed by atoms with Gasteiger partial charge >= 0.3 is 0 Å². The fourth-order valence-electron chi connectivity index (χ4n) is 2.31. The summed E-state index contributed by atoms with van der Waals surface area (Å²) < 4.78 is 18.1. The number of carbonyl (C=O) groups is 1. The van der Waals surface area contributed by atoms with E-state index in [1.54, 1.807) is 6.08 Å². The lowest BCUT2D eigenvalue weighted by molar-refractivity contribution is -0.180. The van der Waals surface area contributed by atoms with Gasteiger partial charge in [-0.05, 0) is 44.1 Å². The lowest BCUT2D eigenvalue weighted by Crippen LogP contribution is -2.46. The maximum absolute atomic E-state index is 10.9. The van der Waals surface area contributed by atoms with Crippen molar-refractivity contribution in [1.29, 1.82) is 0 Å². The first-order chi connectivity index (χ1) is 11.9. The molecule has 1 N–H and O–H groups in total. The second-order valence-electron chi connectivity index (χ2n) is 8.30. The van der Waals surface area contributed by atoms with Crippen LogP contribution in [-0.4, -0.2) is 44.8 Å². The monoisotopic (exact) mass is 380 g/mol. The van der Waals surface area contributed by atoms with E-state index in [4.69, 9.17) is 20.3 Å². The minimum Gasteiger partial charge on any atom is -0.505 e. The molecule has 1 aliphatic heterocycles. The zero-order valence-corrected chi connectivity index (χ0v) is 17.9. The van der Waals surface area contributed by atoms with Crippen LogP contribution in [0.15, 0.2) is 23.5 Å². The maximum Gasteiger partial charge on any atom is 0.192 e. The van der Waals surface area contributed by atoms with Crippen molar-refractivity contribution in [2.75, 3.05) is 6.61 Å². The Labute approximate surface area is 158 Å². The molecule has 0 bridgehead atoms. The third kappa shape index (κ3) is 6.10. The highest BCUT2D eigenvalue weighted by atomic mass is 28.4. The number of hydrogen-bond donors (Lipinski definition) is 1. The number of aliphatic hydroxyl groups excluding tert-OH is 1. The average molecular weight is 381 g/mol. The Kier molecular flexibility index (Phi) is 7.84. The Morgan fingerprint density at radius 1 is 1.46 bits per heavy atom. The van der Waals surface area contributed by atoms with Gasteiger partial charge in [-0.2, -0.15) is 0 Å². The topological polar surface area (TPSA) is 65.0 Å². The van der Waals surface area contributed by atoms with E-state index >= 15 is 0 Å². The number of terminal acetylenes is 1. The molecule has 0 fully saturated rings. The highest BCUT2D eigenvalue weighted by molar-refractivity contribution is 6.74. The number of carbonyl (C=O) groups excluding carboxylic acids is 1. The molecule has 0 aromatic heterocycles. The first-order valence-electron chi connectivity index (χ1n) is 8.90. The molecule has 146 valence electrons. The van der Waals surface area contributed by atoms with Gasteiger partial charge in [0, 0.05) is 11.5 Å². The van der Waals surface area contributed by atoms with E-state index in [1.807, 2.05) is 13.8 Å². The summed E-state index contributed by atoms with van der Waals surface area (Å²) in [7, 11) is -2.00. The zero-order chi connectivity index (χ0) is 20.1. The molecule has 0 amide bonds. The Morgan fingerprint density at radius 2 is 2.08 bits per heavy atom. The fourth-order valence-corrected chi connectivity index (χ4v) is 3.32. The molecule has 1 heterocycles. The number of rotatable bonds is 7. The van der Waals surface area contributed by atoms with Gasteiger partial charge in [0.05, 0.1) is 18.8 Å². The van der Waals surface area contributed by atoms with Gasteiger partial charge in [-0.3, -0.25) is 4.79 Å². The fraction of sp³-hybridized carbons (Fsp3) is 0.650. The molecule has 0 saturated carbocycles. The largest absolute Gasteiger partial charge is 0.505 e. The zero-order valence-electron chi connectivity index (χ0n) is 16.9. The molecular weight excluding hydrogens is 348 g/mol. The first-order valence-corrected chi connectivity index (χ1v) is 11.8. The van der Waals surface area contributed by atoms with E-state index in [9.17, 15) is 9.90 Å². The van der Waals surface area contributed by atoms with Crippen LogP contribution in [0.5, 0.6) is 0 Å². The van der Waals surface area contributed by atoms with Crippen LogP contribution in [0.1, 0.15) is 34.6 Å². The van der Waals surface area contributed by atoms with Crippen LogP contribution in [0.3, 0.4) is 0 Å². The highest BCUT2D eigenvalue weighted by Crippen LogP contribution is 2.37. The molecule has 0 aliphatic carbocycles. The molecule has 0 aromatic carbocycles. The summed E-state index contributed by atoms with van der Waals surface area (Å²) in [6.07, 6.45) is 8.10. The van der Waals surface area contributed by atoms with E-state index in [-0.39, 0.29) is 16.9 Å². The smallest absolute Gasteiger partial charge is 0.192 e. The summed E-state index contributed by atoms with van der Waals surface area (Å²) in [5.74, 6) is 1.81. The third-order valence-electron chi connectivity index (χ3n) is 4.84. The molecular formula is C20H32O5Si. The normalized spacial score (nSPS) is 25.0. The van der Waals surface area contributed by atoms with Crippen LogP contribution in [0.4, 0.5) is 0 Å². The minimum atomic E-state index is -2.00. The number of ether oxygens (including phenoxy) is 2. The van der Waals surface area contributed by atoms with Crippen LogP contribution in [0.25, 0.3) is 0 Å². The number of aliphatic hydroxyl groups is 1. The van der Waals surface area contributed by atoms with Crippen LogP contribution in [0.2, 0.25) is 18.1 Å². The molecule has 0 saturated heterocycles. The number of allylic oxidation sites excluding steroid dienone is 1. The van der Waals surface area contributed by atoms with E-state index in [0.29, 0.717) is 18.5 Å². The van der Waals surface area contributed by atoms with Crippen molar-refractivity contribution in [1.82, 2.24) is 0 Å². The van der Waals surface area contributed by atoms with Crippen LogP contribution < -0.4 is 0 Å². The first kappa shape index (κ1) is 22.6. The van der Waals surface area contributed by atoms with Gasteiger partial charge in [0.2, 0.25) is 0 Å². The van der Waals surface area contributed by atoms with E-state index in [0.717, 1.165) is 0 Å². The molecule has 1 rings (SSSR count). The van der Waals surface area contributed by atoms with Gasteiger partial charge in [0.1, 0.15) is 0 Å². The van der Waals surface area contributed by atoms with Crippen molar-refractivity contribution >= 4 is 14.6 Å². The van der Waals surface area contributed by atoms with Gasteiger partial charge in [-0.1, -0.05) is 26.7 Å². The summed E-state index contributed by atoms with van der Waals surface area (Å²) in [6.45, 7) is 14.9. The quantitative estimate of drug-likeness (QED) is 0.238. The Morgan fingerprint density at radius 3 is 2.54 bits per heavy atom. The number of aldehydes is 1. The molecule has 0 aromatic rings. The highest BCUT2D eigenvalue weighted by Gasteiger charge is 2.40. The second kappa shape index (κ2) is 9.00. The molecule has 26 heavy (non-hydrogen) atoms. The molecule has 1 aliphatic rings. The Balaban J connectivity index is 3.11. The predicted molar refractivity (Wildman–Crippen MR) is 105 cm³/mol. The SMILES string of the molecule is C#CC1=C[C@@H](OC(C)C)O[C@H](CO[Si](C)(C)C(C)(C)C)[C@H]1/C=C(/O)C=O. The van der Waals surface area contributed by atoms with Gasteiger partial charge in [0.15, 0.2) is 26.7 Å². The number of hydrogen-bond acceptors (Lipinski definition) is 5. The molecule has 0 radical (unpaired) electrons. The van der Waals surface area contributed by atoms with E-state index < -0.39 is 26.6 Å². The molecule has 3 atom stereocenters. The average Bonchev–Trinajstić information content (AvgIpc) is 2.52. The van der Waals surface area contributed by atoms with Crippen molar-refractivity contribution in [2.45, 2.75) is 71.2 Å². The minimum absolute atomic E-state index is 0.0345. The summed E-state index contributed by atoms with van der Waals surface area (Å²) in [4.78, 5) is 10.9. The molecule has 0 spiro atoms. The van der Waals surface area contributed by atoms with Crippen molar-refractivity contribution in [3.05, 3.63) is 23.5 Å². The lowest BCUT2D eigenvalue weighted by atomic mass is 9.90. The maximum atomic E-state index is 10.9. The van der Waals surface area contributed by atoms with Crippen molar-refractivity contribution in [2.24, 2.45) is 5.92 Å². The molecule has 5 nitrogen and oxygen atoms in total. The van der Waals surface area contributed by atoms with E-state index in [2.05, 4.69) is 39.8 Å². The standard InChI is InChI=1S/C20H32O5Si/c1-9-15-10-19(24-14(2)3)25-18(17(15)11-16(22)12-21)13-23-26(7,8)20(4,5)6/h1,10-12,14,17-19,22H,13H2,2-8H3/b16-11+/t17-,18+,19-/m0/s1. The summed E-state index contributed by atoms with van der Waals surface area (Å²) in [6, 6.07) is 0. The third-order valence-corrected chi connectivity index (χ3v) is 9.34.